The fourth-order valence-corrected chi connectivity index (χ4v) is 3.64. The largest absolute Gasteiger partial charge is 0.355 e. The van der Waals surface area contributed by atoms with Crippen molar-refractivity contribution < 1.29 is 18.1 Å². The summed E-state index contributed by atoms with van der Waals surface area (Å²) < 4.78 is 29.3. The monoisotopic (exact) mass is 415 g/mol. The van der Waals surface area contributed by atoms with Crippen molar-refractivity contribution >= 4 is 27.4 Å². The highest BCUT2D eigenvalue weighted by molar-refractivity contribution is 7.92. The molecule has 0 fully saturated rings. The highest BCUT2D eigenvalue weighted by Crippen LogP contribution is 2.23. The molecule has 0 radical (unpaired) electrons. The summed E-state index contributed by atoms with van der Waals surface area (Å²) in [5.41, 5.74) is 1.25. The molecule has 0 aliphatic heterocycles. The number of amides is 1. The zero-order valence-corrected chi connectivity index (χ0v) is 16.3. The first-order chi connectivity index (χ1) is 13.7. The molecule has 0 bridgehead atoms. The Kier molecular flexibility index (Phi) is 5.33. The molecular weight excluding hydrogens is 398 g/mol. The van der Waals surface area contributed by atoms with Crippen LogP contribution in [0.3, 0.4) is 0 Å². The maximum Gasteiger partial charge on any atom is 0.269 e. The number of rotatable bonds is 6. The second-order valence-electron chi connectivity index (χ2n) is 6.07. The number of nitrogens with zero attached hydrogens (tertiary/aromatic N) is 3. The van der Waals surface area contributed by atoms with E-state index in [9.17, 15) is 23.3 Å². The fraction of sp³-hybridized carbons (Fsp3) is 0.111. The number of carbonyl (C=O) groups excluding carboxylic acids is 1. The SMILES string of the molecule is CNC(=O)c1ccc(S(=O)(=O)Nc2cc(C)nn2-c2ccc([N+](=O)[O-])cc2)cc1. The molecule has 11 heteroatoms. The summed E-state index contributed by atoms with van der Waals surface area (Å²) in [6.45, 7) is 1.69. The number of benzene rings is 2. The lowest BCUT2D eigenvalue weighted by Gasteiger charge is -2.11. The number of aromatic nitrogens is 2. The van der Waals surface area contributed by atoms with Crippen molar-refractivity contribution in [2.45, 2.75) is 11.8 Å². The van der Waals surface area contributed by atoms with Crippen LogP contribution in [0.5, 0.6) is 0 Å². The smallest absolute Gasteiger partial charge is 0.269 e. The van der Waals surface area contributed by atoms with Gasteiger partial charge in [-0.05, 0) is 43.3 Å². The van der Waals surface area contributed by atoms with Gasteiger partial charge in [0.05, 0.1) is 21.2 Å². The standard InChI is InChI=1S/C18H17N5O5S/c1-12-11-17(22(20-12)14-5-7-15(8-6-14)23(25)26)21-29(27,28)16-9-3-13(4-10-16)18(24)19-2/h3-11,21H,1-2H3,(H,19,24). The van der Waals surface area contributed by atoms with Crippen LogP contribution in [0.25, 0.3) is 5.69 Å². The molecule has 0 saturated carbocycles. The number of hydrogen-bond donors (Lipinski definition) is 2. The molecule has 3 aromatic rings. The first-order valence-electron chi connectivity index (χ1n) is 8.38. The Balaban J connectivity index is 1.92. The summed E-state index contributed by atoms with van der Waals surface area (Å²) in [5, 5.41) is 17.5. The van der Waals surface area contributed by atoms with E-state index in [1.165, 1.54) is 66.3 Å². The van der Waals surface area contributed by atoms with Crippen molar-refractivity contribution in [3.05, 3.63) is 76.0 Å². The van der Waals surface area contributed by atoms with Gasteiger partial charge in [0.25, 0.3) is 21.6 Å². The number of non-ortho nitro benzene ring substituents is 1. The highest BCUT2D eigenvalue weighted by Gasteiger charge is 2.19. The average Bonchev–Trinajstić information content (AvgIpc) is 3.06. The lowest BCUT2D eigenvalue weighted by molar-refractivity contribution is -0.384. The van der Waals surface area contributed by atoms with Gasteiger partial charge in [0, 0.05) is 30.8 Å². The topological polar surface area (TPSA) is 136 Å². The molecule has 0 aliphatic carbocycles. The van der Waals surface area contributed by atoms with Gasteiger partial charge in [0.1, 0.15) is 5.82 Å². The Bertz CT molecular complexity index is 1170. The predicted molar refractivity (Wildman–Crippen MR) is 106 cm³/mol. The molecule has 2 N–H and O–H groups in total. The third-order valence-electron chi connectivity index (χ3n) is 4.03. The van der Waals surface area contributed by atoms with E-state index < -0.39 is 14.9 Å². The van der Waals surface area contributed by atoms with Gasteiger partial charge < -0.3 is 5.32 Å². The maximum atomic E-state index is 12.7. The Labute approximate surface area is 166 Å². The third kappa shape index (κ3) is 4.24. The molecule has 1 aromatic heterocycles. The van der Waals surface area contributed by atoms with Crippen LogP contribution >= 0.6 is 0 Å². The van der Waals surface area contributed by atoms with Gasteiger partial charge >= 0.3 is 0 Å². The molecule has 0 unspecified atom stereocenters. The van der Waals surface area contributed by atoms with E-state index in [1.807, 2.05) is 0 Å². The van der Waals surface area contributed by atoms with E-state index in [1.54, 1.807) is 6.92 Å². The summed E-state index contributed by atoms with van der Waals surface area (Å²) in [6, 6.07) is 12.6. The number of nitrogens with one attached hydrogen (secondary N) is 2. The molecule has 29 heavy (non-hydrogen) atoms. The number of nitro groups is 1. The van der Waals surface area contributed by atoms with Gasteiger partial charge in [-0.2, -0.15) is 5.10 Å². The Hall–Kier alpha value is -3.73. The van der Waals surface area contributed by atoms with Gasteiger partial charge in [-0.3, -0.25) is 19.6 Å². The molecule has 3 rings (SSSR count). The molecule has 1 amide bonds. The van der Waals surface area contributed by atoms with Crippen LogP contribution in [0.2, 0.25) is 0 Å². The first kappa shape index (κ1) is 20.0. The third-order valence-corrected chi connectivity index (χ3v) is 5.40. The lowest BCUT2D eigenvalue weighted by atomic mass is 10.2. The van der Waals surface area contributed by atoms with Crippen LogP contribution in [-0.4, -0.2) is 36.1 Å². The van der Waals surface area contributed by atoms with Gasteiger partial charge in [0.2, 0.25) is 0 Å². The summed E-state index contributed by atoms with van der Waals surface area (Å²) in [7, 11) is -2.47. The zero-order valence-electron chi connectivity index (χ0n) is 15.5. The van der Waals surface area contributed by atoms with Crippen LogP contribution in [0.1, 0.15) is 16.1 Å². The van der Waals surface area contributed by atoms with E-state index in [4.69, 9.17) is 0 Å². The molecule has 150 valence electrons. The minimum Gasteiger partial charge on any atom is -0.355 e. The van der Waals surface area contributed by atoms with Crippen molar-refractivity contribution in [2.75, 3.05) is 11.8 Å². The quantitative estimate of drug-likeness (QED) is 0.468. The maximum absolute atomic E-state index is 12.7. The summed E-state index contributed by atoms with van der Waals surface area (Å²) in [4.78, 5) is 21.9. The van der Waals surface area contributed by atoms with E-state index >= 15 is 0 Å². The number of aryl methyl sites for hydroxylation is 1. The number of carbonyl (C=O) groups is 1. The van der Waals surface area contributed by atoms with Crippen molar-refractivity contribution in [3.8, 4) is 5.69 Å². The molecule has 10 nitrogen and oxygen atoms in total. The predicted octanol–water partition coefficient (Wildman–Crippen LogP) is 2.25. The molecular formula is C18H17N5O5S. The van der Waals surface area contributed by atoms with Crippen molar-refractivity contribution in [1.82, 2.24) is 15.1 Å². The van der Waals surface area contributed by atoms with E-state index in [-0.39, 0.29) is 22.3 Å². The van der Waals surface area contributed by atoms with Crippen LogP contribution < -0.4 is 10.0 Å². The first-order valence-corrected chi connectivity index (χ1v) is 9.86. The Morgan fingerprint density at radius 2 is 1.72 bits per heavy atom. The van der Waals surface area contributed by atoms with E-state index in [2.05, 4.69) is 15.1 Å². The molecule has 0 saturated heterocycles. The van der Waals surface area contributed by atoms with Crippen molar-refractivity contribution in [3.63, 3.8) is 0 Å². The Morgan fingerprint density at radius 1 is 1.10 bits per heavy atom. The summed E-state index contributed by atoms with van der Waals surface area (Å²) in [5.74, 6) is -0.152. The highest BCUT2D eigenvalue weighted by atomic mass is 32.2. The zero-order chi connectivity index (χ0) is 21.2. The van der Waals surface area contributed by atoms with Gasteiger partial charge in [-0.1, -0.05) is 0 Å². The van der Waals surface area contributed by atoms with Crippen molar-refractivity contribution in [1.29, 1.82) is 0 Å². The number of nitro benzene ring substituents is 1. The molecule has 0 atom stereocenters. The summed E-state index contributed by atoms with van der Waals surface area (Å²) >= 11 is 0. The average molecular weight is 415 g/mol. The lowest BCUT2D eigenvalue weighted by Crippen LogP contribution is -2.19. The normalized spacial score (nSPS) is 11.1. The summed E-state index contributed by atoms with van der Waals surface area (Å²) in [6.07, 6.45) is 0. The van der Waals surface area contributed by atoms with E-state index in [0.717, 1.165) is 0 Å². The molecule has 0 spiro atoms. The fourth-order valence-electron chi connectivity index (χ4n) is 2.61. The molecule has 1 heterocycles. The molecule has 0 aliphatic rings. The minimum atomic E-state index is -3.95. The van der Waals surface area contributed by atoms with Crippen LogP contribution in [-0.2, 0) is 10.0 Å². The van der Waals surface area contributed by atoms with Crippen LogP contribution in [0, 0.1) is 17.0 Å². The van der Waals surface area contributed by atoms with Crippen molar-refractivity contribution in [2.24, 2.45) is 0 Å². The van der Waals surface area contributed by atoms with Crippen LogP contribution in [0.4, 0.5) is 11.5 Å². The van der Waals surface area contributed by atoms with Gasteiger partial charge in [0.15, 0.2) is 0 Å². The second kappa shape index (κ2) is 7.72. The minimum absolute atomic E-state index is 0.0285. The number of hydrogen-bond acceptors (Lipinski definition) is 6. The van der Waals surface area contributed by atoms with Crippen LogP contribution in [0.15, 0.2) is 59.5 Å². The number of sulfonamides is 1. The van der Waals surface area contributed by atoms with Gasteiger partial charge in [-0.25, -0.2) is 13.1 Å². The Morgan fingerprint density at radius 3 is 2.28 bits per heavy atom. The number of anilines is 1. The second-order valence-corrected chi connectivity index (χ2v) is 7.75. The van der Waals surface area contributed by atoms with E-state index in [0.29, 0.717) is 16.9 Å². The van der Waals surface area contributed by atoms with Gasteiger partial charge in [-0.15, -0.1) is 0 Å². The molecule has 2 aromatic carbocycles.